The summed E-state index contributed by atoms with van der Waals surface area (Å²) >= 11 is 0. The van der Waals surface area contributed by atoms with E-state index >= 15 is 0 Å². The number of rotatable bonds is 5. The molecule has 0 saturated carbocycles. The van der Waals surface area contributed by atoms with Crippen LogP contribution in [0.3, 0.4) is 0 Å². The molecule has 1 amide bonds. The van der Waals surface area contributed by atoms with Crippen molar-refractivity contribution in [3.8, 4) is 0 Å². The molecule has 3 rings (SSSR count). The average Bonchev–Trinajstić information content (AvgIpc) is 3.11. The summed E-state index contributed by atoms with van der Waals surface area (Å²) in [5.74, 6) is -0.680. The number of aliphatic carboxylic acids is 1. The predicted molar refractivity (Wildman–Crippen MR) is 89.5 cm³/mol. The van der Waals surface area contributed by atoms with Crippen molar-refractivity contribution in [2.45, 2.75) is 38.2 Å². The van der Waals surface area contributed by atoms with Gasteiger partial charge in [0.25, 0.3) is 0 Å². The molecule has 0 bridgehead atoms. The number of carboxylic acids is 1. The quantitative estimate of drug-likeness (QED) is 0.899. The summed E-state index contributed by atoms with van der Waals surface area (Å²) in [7, 11) is 0. The second-order valence-electron chi connectivity index (χ2n) is 6.77. The first-order chi connectivity index (χ1) is 11.6. The van der Waals surface area contributed by atoms with E-state index in [1.807, 2.05) is 35.2 Å². The fraction of sp³-hybridized carbons (Fsp3) is 0.579. The molecule has 130 valence electrons. The Labute approximate surface area is 142 Å². The Morgan fingerprint density at radius 1 is 1.12 bits per heavy atom. The van der Waals surface area contributed by atoms with Crippen molar-refractivity contribution < 1.29 is 19.4 Å². The third-order valence-corrected chi connectivity index (χ3v) is 5.28. The molecule has 1 aromatic rings. The maximum atomic E-state index is 12.4. The summed E-state index contributed by atoms with van der Waals surface area (Å²) in [4.78, 5) is 25.6. The van der Waals surface area contributed by atoms with Crippen LogP contribution in [0.15, 0.2) is 30.3 Å². The number of piperidine rings is 1. The topological polar surface area (TPSA) is 66.8 Å². The van der Waals surface area contributed by atoms with Crippen LogP contribution in [-0.4, -0.2) is 47.7 Å². The van der Waals surface area contributed by atoms with Crippen molar-refractivity contribution in [2.24, 2.45) is 11.8 Å². The molecule has 1 N–H and O–H groups in total. The van der Waals surface area contributed by atoms with Crippen molar-refractivity contribution in [3.63, 3.8) is 0 Å². The molecule has 2 heterocycles. The van der Waals surface area contributed by atoms with Crippen molar-refractivity contribution in [3.05, 3.63) is 35.9 Å². The highest BCUT2D eigenvalue weighted by molar-refractivity contribution is 5.76. The first-order valence-electron chi connectivity index (χ1n) is 8.81. The van der Waals surface area contributed by atoms with Crippen LogP contribution in [-0.2, 0) is 20.7 Å². The minimum absolute atomic E-state index is 0.177. The van der Waals surface area contributed by atoms with E-state index in [9.17, 15) is 14.7 Å². The molecule has 1 aromatic carbocycles. The van der Waals surface area contributed by atoms with Crippen LogP contribution in [0.4, 0.5) is 0 Å². The minimum Gasteiger partial charge on any atom is -0.481 e. The molecule has 1 unspecified atom stereocenters. The second-order valence-corrected chi connectivity index (χ2v) is 6.77. The molecule has 24 heavy (non-hydrogen) atoms. The highest BCUT2D eigenvalue weighted by Gasteiger charge is 2.40. The van der Waals surface area contributed by atoms with E-state index in [-0.39, 0.29) is 23.8 Å². The van der Waals surface area contributed by atoms with Crippen molar-refractivity contribution in [1.82, 2.24) is 4.90 Å². The summed E-state index contributed by atoms with van der Waals surface area (Å²) in [5, 5.41) is 9.29. The van der Waals surface area contributed by atoms with Crippen molar-refractivity contribution >= 4 is 11.9 Å². The molecule has 5 heteroatoms. The lowest BCUT2D eigenvalue weighted by molar-refractivity contribution is -0.146. The Bertz CT molecular complexity index is 566. The Morgan fingerprint density at radius 2 is 1.83 bits per heavy atom. The van der Waals surface area contributed by atoms with Crippen LogP contribution in [0.5, 0.6) is 0 Å². The molecule has 2 aliphatic heterocycles. The van der Waals surface area contributed by atoms with Gasteiger partial charge in [-0.25, -0.2) is 0 Å². The molecule has 2 aliphatic rings. The van der Waals surface area contributed by atoms with Crippen molar-refractivity contribution in [2.75, 3.05) is 19.7 Å². The maximum absolute atomic E-state index is 12.4. The zero-order valence-electron chi connectivity index (χ0n) is 13.9. The fourth-order valence-corrected chi connectivity index (χ4v) is 3.87. The lowest BCUT2D eigenvalue weighted by atomic mass is 9.84. The van der Waals surface area contributed by atoms with Gasteiger partial charge in [-0.15, -0.1) is 0 Å². The van der Waals surface area contributed by atoms with Gasteiger partial charge in [0.05, 0.1) is 12.0 Å². The van der Waals surface area contributed by atoms with Gasteiger partial charge in [-0.3, -0.25) is 9.59 Å². The molecule has 2 fully saturated rings. The molecule has 2 atom stereocenters. The number of carbonyl (C=O) groups excluding carboxylic acids is 1. The van der Waals surface area contributed by atoms with Crippen LogP contribution in [0.1, 0.15) is 31.2 Å². The van der Waals surface area contributed by atoms with Crippen LogP contribution < -0.4 is 0 Å². The Morgan fingerprint density at radius 3 is 2.50 bits per heavy atom. The van der Waals surface area contributed by atoms with Crippen LogP contribution in [0, 0.1) is 11.8 Å². The van der Waals surface area contributed by atoms with Gasteiger partial charge in [-0.2, -0.15) is 0 Å². The Hall–Kier alpha value is -1.88. The second kappa shape index (κ2) is 7.79. The zero-order valence-corrected chi connectivity index (χ0v) is 13.9. The van der Waals surface area contributed by atoms with E-state index in [0.717, 1.165) is 19.3 Å². The van der Waals surface area contributed by atoms with Gasteiger partial charge in [-0.1, -0.05) is 30.3 Å². The Kier molecular flexibility index (Phi) is 5.51. The summed E-state index contributed by atoms with van der Waals surface area (Å²) in [5.41, 5.74) is 1.18. The Balaban J connectivity index is 1.46. The van der Waals surface area contributed by atoms with E-state index in [1.54, 1.807) is 0 Å². The number of aryl methyl sites for hydroxylation is 1. The standard InChI is InChI=1S/C19H25NO4/c21-17(7-6-14-4-2-1-3-5-14)20-11-8-15(9-12-20)18-16(19(22)23)10-13-24-18/h1-5,15-16,18H,6-13H2,(H,22,23)/t16?,18-/m0/s1. The number of ether oxygens (including phenoxy) is 1. The molecule has 5 nitrogen and oxygen atoms in total. The minimum atomic E-state index is -0.751. The number of carboxylic acid groups (broad SMARTS) is 1. The number of hydrogen-bond acceptors (Lipinski definition) is 3. The molecular weight excluding hydrogens is 306 g/mol. The van der Waals surface area contributed by atoms with Crippen LogP contribution in [0.2, 0.25) is 0 Å². The number of nitrogens with zero attached hydrogens (tertiary/aromatic N) is 1. The van der Waals surface area contributed by atoms with Crippen LogP contribution >= 0.6 is 0 Å². The average molecular weight is 331 g/mol. The van der Waals surface area contributed by atoms with Crippen molar-refractivity contribution in [1.29, 1.82) is 0 Å². The fourth-order valence-electron chi connectivity index (χ4n) is 3.87. The van der Waals surface area contributed by atoms with E-state index in [2.05, 4.69) is 0 Å². The first kappa shape index (κ1) is 17.0. The van der Waals surface area contributed by atoms with Gasteiger partial charge in [0, 0.05) is 26.1 Å². The van der Waals surface area contributed by atoms with Crippen LogP contribution in [0.25, 0.3) is 0 Å². The number of hydrogen-bond donors (Lipinski definition) is 1. The van der Waals surface area contributed by atoms with Gasteiger partial charge >= 0.3 is 5.97 Å². The summed E-state index contributed by atoms with van der Waals surface area (Å²) in [6, 6.07) is 10.1. The highest BCUT2D eigenvalue weighted by atomic mass is 16.5. The first-order valence-corrected chi connectivity index (χ1v) is 8.81. The SMILES string of the molecule is O=C(O)C1CCO[C@H]1C1CCN(C(=O)CCc2ccccc2)CC1. The monoisotopic (exact) mass is 331 g/mol. The third kappa shape index (κ3) is 3.96. The summed E-state index contributed by atoms with van der Waals surface area (Å²) in [6.45, 7) is 1.97. The van der Waals surface area contributed by atoms with E-state index in [0.29, 0.717) is 32.5 Å². The largest absolute Gasteiger partial charge is 0.481 e. The molecule has 2 saturated heterocycles. The number of benzene rings is 1. The molecular formula is C19H25NO4. The van der Waals surface area contributed by atoms with Gasteiger partial charge < -0.3 is 14.7 Å². The molecule has 0 spiro atoms. The van der Waals surface area contributed by atoms with Gasteiger partial charge in [0.2, 0.25) is 5.91 Å². The predicted octanol–water partition coefficient (Wildman–Crippen LogP) is 2.35. The third-order valence-electron chi connectivity index (χ3n) is 5.28. The van der Waals surface area contributed by atoms with Gasteiger partial charge in [0.1, 0.15) is 0 Å². The molecule has 0 aliphatic carbocycles. The number of carbonyl (C=O) groups is 2. The highest BCUT2D eigenvalue weighted by Crippen LogP contribution is 2.33. The number of likely N-dealkylation sites (tertiary alicyclic amines) is 1. The van der Waals surface area contributed by atoms with Gasteiger partial charge in [0.15, 0.2) is 0 Å². The molecule has 0 aromatic heterocycles. The van der Waals surface area contributed by atoms with E-state index in [1.165, 1.54) is 5.56 Å². The van der Waals surface area contributed by atoms with E-state index < -0.39 is 5.97 Å². The van der Waals surface area contributed by atoms with Gasteiger partial charge in [-0.05, 0) is 37.2 Å². The summed E-state index contributed by atoms with van der Waals surface area (Å²) in [6.07, 6.45) is 3.41. The smallest absolute Gasteiger partial charge is 0.309 e. The van der Waals surface area contributed by atoms with E-state index in [4.69, 9.17) is 4.74 Å². The zero-order chi connectivity index (χ0) is 16.9. The maximum Gasteiger partial charge on any atom is 0.309 e. The normalized spacial score (nSPS) is 24.9. The summed E-state index contributed by atoms with van der Waals surface area (Å²) < 4.78 is 5.68. The lowest BCUT2D eigenvalue weighted by Gasteiger charge is -2.35. The molecule has 0 radical (unpaired) electrons. The number of amides is 1. The lowest BCUT2D eigenvalue weighted by Crippen LogP contribution is -2.43.